The van der Waals surface area contributed by atoms with Crippen molar-refractivity contribution in [3.8, 4) is 0 Å². The molecule has 2 atom stereocenters. The van der Waals surface area contributed by atoms with Crippen LogP contribution in [0.1, 0.15) is 6.92 Å². The van der Waals surface area contributed by atoms with Crippen LogP contribution >= 0.6 is 24.0 Å². The van der Waals surface area contributed by atoms with Gasteiger partial charge in [0.15, 0.2) is 0 Å². The predicted molar refractivity (Wildman–Crippen MR) is 70.1 cm³/mol. The molecule has 0 aliphatic carbocycles. The molecule has 0 radical (unpaired) electrons. The number of aromatic nitrogens is 2. The summed E-state index contributed by atoms with van der Waals surface area (Å²) in [4.78, 5) is 7.89. The Hall–Kier alpha value is -0.760. The largest absolute Gasteiger partial charge is 0.368 e. The lowest BCUT2D eigenvalue weighted by Crippen LogP contribution is -2.57. The molecular weight excluding hydrogens is 301 g/mol. The highest BCUT2D eigenvalue weighted by Crippen LogP contribution is 2.22. The highest BCUT2D eigenvalue weighted by Gasteiger charge is 2.40. The van der Waals surface area contributed by atoms with Gasteiger partial charge in [0.25, 0.3) is 0 Å². The first kappa shape index (κ1) is 16.3. The van der Waals surface area contributed by atoms with E-state index in [1.54, 1.807) is 6.92 Å². The second-order valence-electron chi connectivity index (χ2n) is 4.05. The lowest BCUT2D eigenvalue weighted by molar-refractivity contribution is -0.278. The molecule has 2 rings (SSSR count). The van der Waals surface area contributed by atoms with Crippen molar-refractivity contribution in [3.63, 3.8) is 0 Å². The van der Waals surface area contributed by atoms with Crippen molar-refractivity contribution in [1.29, 1.82) is 0 Å². The van der Waals surface area contributed by atoms with Crippen molar-refractivity contribution in [1.82, 2.24) is 15.3 Å². The maximum absolute atomic E-state index is 12.9. The van der Waals surface area contributed by atoms with Gasteiger partial charge in [-0.1, -0.05) is 11.6 Å². The zero-order chi connectivity index (χ0) is 13.2. The molecule has 19 heavy (non-hydrogen) atoms. The van der Waals surface area contributed by atoms with Crippen molar-refractivity contribution in [2.45, 2.75) is 25.2 Å². The Kier molecular flexibility index (Phi) is 5.66. The molecule has 1 fully saturated rings. The average molecular weight is 315 g/mol. The highest BCUT2D eigenvalue weighted by molar-refractivity contribution is 6.30. The van der Waals surface area contributed by atoms with E-state index in [0.29, 0.717) is 17.5 Å². The van der Waals surface area contributed by atoms with E-state index in [-0.39, 0.29) is 18.4 Å². The molecule has 1 saturated heterocycles. The summed E-state index contributed by atoms with van der Waals surface area (Å²) in [6.45, 7) is 1.49. The van der Waals surface area contributed by atoms with Crippen molar-refractivity contribution in [2.24, 2.45) is 0 Å². The summed E-state index contributed by atoms with van der Waals surface area (Å²) in [7, 11) is 0. The van der Waals surface area contributed by atoms with Gasteiger partial charge in [-0.15, -0.1) is 12.4 Å². The third kappa shape index (κ3) is 4.68. The first-order valence-electron chi connectivity index (χ1n) is 5.47. The van der Waals surface area contributed by atoms with E-state index in [0.717, 1.165) is 0 Å². The third-order valence-corrected chi connectivity index (χ3v) is 2.79. The van der Waals surface area contributed by atoms with E-state index in [1.807, 2.05) is 0 Å². The Balaban J connectivity index is 0.00000180. The topological polar surface area (TPSA) is 59.1 Å². The van der Waals surface area contributed by atoms with Crippen LogP contribution in [0.15, 0.2) is 12.4 Å². The predicted octanol–water partition coefficient (Wildman–Crippen LogP) is 1.93. The Bertz CT molecular complexity index is 407. The molecule has 0 amide bonds. The summed E-state index contributed by atoms with van der Waals surface area (Å²) in [5.74, 6) is 0.394. The fourth-order valence-electron chi connectivity index (χ4n) is 1.65. The van der Waals surface area contributed by atoms with Gasteiger partial charge in [0, 0.05) is 6.54 Å². The van der Waals surface area contributed by atoms with Crippen molar-refractivity contribution >= 4 is 30.0 Å². The average Bonchev–Trinajstić information content (AvgIpc) is 2.29. The van der Waals surface area contributed by atoms with E-state index in [4.69, 9.17) is 11.6 Å². The maximum Gasteiger partial charge on any atom is 0.368 e. The van der Waals surface area contributed by atoms with E-state index in [2.05, 4.69) is 25.3 Å². The fraction of sp³-hybridized carbons (Fsp3) is 0.600. The highest BCUT2D eigenvalue weighted by atomic mass is 35.5. The Morgan fingerprint density at radius 3 is 2.74 bits per heavy atom. The minimum Gasteiger partial charge on any atom is -0.353 e. The van der Waals surface area contributed by atoms with Crippen LogP contribution in [0.4, 0.5) is 14.7 Å². The molecule has 5 nitrogen and oxygen atoms in total. The van der Waals surface area contributed by atoms with Crippen LogP contribution in [0.25, 0.3) is 0 Å². The molecule has 1 aromatic rings. The second kappa shape index (κ2) is 6.60. The molecule has 1 aromatic heterocycles. The van der Waals surface area contributed by atoms with Crippen molar-refractivity contribution in [3.05, 3.63) is 17.4 Å². The van der Waals surface area contributed by atoms with Crippen LogP contribution in [-0.4, -0.2) is 41.3 Å². The molecule has 2 N–H and O–H groups in total. The molecule has 1 aliphatic rings. The van der Waals surface area contributed by atoms with Crippen molar-refractivity contribution < 1.29 is 13.5 Å². The number of hydrogen-bond acceptors (Lipinski definition) is 5. The van der Waals surface area contributed by atoms with Gasteiger partial charge in [0.1, 0.15) is 0 Å². The minimum atomic E-state index is -3.10. The van der Waals surface area contributed by atoms with E-state index >= 15 is 0 Å². The number of ether oxygens (including phenoxy) is 1. The Morgan fingerprint density at radius 1 is 1.53 bits per heavy atom. The van der Waals surface area contributed by atoms with Crippen LogP contribution < -0.4 is 10.6 Å². The van der Waals surface area contributed by atoms with Gasteiger partial charge in [0.05, 0.1) is 36.1 Å². The second-order valence-corrected chi connectivity index (χ2v) is 4.49. The van der Waals surface area contributed by atoms with Crippen LogP contribution in [0, 0.1) is 0 Å². The maximum atomic E-state index is 12.9. The number of halogens is 4. The Labute approximate surface area is 120 Å². The summed E-state index contributed by atoms with van der Waals surface area (Å²) in [6.07, 6.45) is -0.792. The molecule has 0 spiro atoms. The number of nitrogens with one attached hydrogen (secondary N) is 2. The molecule has 0 saturated carbocycles. The van der Waals surface area contributed by atoms with Crippen LogP contribution in [0.5, 0.6) is 0 Å². The molecule has 1 aliphatic heterocycles. The number of alkyl halides is 2. The van der Waals surface area contributed by atoms with Crippen LogP contribution in [-0.2, 0) is 4.74 Å². The molecular formula is C10H14Cl2F2N4O. The first-order chi connectivity index (χ1) is 8.46. The molecule has 0 bridgehead atoms. The quantitative estimate of drug-likeness (QED) is 0.893. The van der Waals surface area contributed by atoms with Crippen molar-refractivity contribution in [2.75, 3.05) is 18.4 Å². The van der Waals surface area contributed by atoms with E-state index in [9.17, 15) is 8.78 Å². The number of hydrogen-bond donors (Lipinski definition) is 2. The fourth-order valence-corrected chi connectivity index (χ4v) is 1.75. The normalized spacial score (nSPS) is 25.5. The molecule has 0 aromatic carbocycles. The van der Waals surface area contributed by atoms with Gasteiger partial charge in [-0.2, -0.15) is 8.78 Å². The molecule has 108 valence electrons. The van der Waals surface area contributed by atoms with Gasteiger partial charge in [-0.3, -0.25) is 0 Å². The smallest absolute Gasteiger partial charge is 0.353 e. The van der Waals surface area contributed by atoms with Gasteiger partial charge >= 0.3 is 6.11 Å². The van der Waals surface area contributed by atoms with E-state index in [1.165, 1.54) is 12.4 Å². The lowest BCUT2D eigenvalue weighted by Gasteiger charge is -2.35. The van der Waals surface area contributed by atoms with Gasteiger partial charge in [0.2, 0.25) is 5.95 Å². The lowest BCUT2D eigenvalue weighted by atomic mass is 10.1. The first-order valence-corrected chi connectivity index (χ1v) is 5.84. The molecule has 0 unspecified atom stereocenters. The van der Waals surface area contributed by atoms with Crippen LogP contribution in [0.2, 0.25) is 5.02 Å². The van der Waals surface area contributed by atoms with Gasteiger partial charge in [-0.25, -0.2) is 9.97 Å². The third-order valence-electron chi connectivity index (χ3n) is 2.60. The van der Waals surface area contributed by atoms with Gasteiger partial charge in [-0.05, 0) is 6.92 Å². The standard InChI is InChI=1S/C10H13ClF2N4O.ClH/c1-6-8(17-5-10(12,13)18-6)4-16-9-14-2-7(11)3-15-9;/h2-3,6,8,17H,4-5H2,1H3,(H,14,15,16);1H/t6-,8+;/m0./s1. The summed E-state index contributed by atoms with van der Waals surface area (Å²) < 4.78 is 30.4. The number of morpholine rings is 1. The summed E-state index contributed by atoms with van der Waals surface area (Å²) >= 11 is 5.65. The van der Waals surface area contributed by atoms with Gasteiger partial charge < -0.3 is 15.4 Å². The summed E-state index contributed by atoms with van der Waals surface area (Å²) in [6, 6.07) is -0.232. The molecule has 9 heteroatoms. The molecule has 2 heterocycles. The number of anilines is 1. The van der Waals surface area contributed by atoms with Crippen LogP contribution in [0.3, 0.4) is 0 Å². The monoisotopic (exact) mass is 314 g/mol. The Morgan fingerprint density at radius 2 is 2.16 bits per heavy atom. The summed E-state index contributed by atoms with van der Waals surface area (Å²) in [5, 5.41) is 6.09. The minimum absolute atomic E-state index is 0. The zero-order valence-electron chi connectivity index (χ0n) is 10.1. The summed E-state index contributed by atoms with van der Waals surface area (Å²) in [5.41, 5.74) is 0. The number of nitrogens with zero attached hydrogens (tertiary/aromatic N) is 2. The SMILES string of the molecule is C[C@@H]1OC(F)(F)CN[C@@H]1CNc1ncc(Cl)cn1.Cl. The zero-order valence-corrected chi connectivity index (χ0v) is 11.6. The van der Waals surface area contributed by atoms with E-state index < -0.39 is 18.8 Å². The number of rotatable bonds is 3.